The molecule has 0 aliphatic carbocycles. The number of pyridine rings is 1. The molecule has 4 nitrogen and oxygen atoms in total. The summed E-state index contributed by atoms with van der Waals surface area (Å²) < 4.78 is 4.91. The summed E-state index contributed by atoms with van der Waals surface area (Å²) in [4.78, 5) is 15.8. The maximum atomic E-state index is 11.8. The first-order valence-electron chi connectivity index (χ1n) is 5.48. The summed E-state index contributed by atoms with van der Waals surface area (Å²) in [6.07, 6.45) is 2.35. The van der Waals surface area contributed by atoms with Crippen molar-refractivity contribution in [1.29, 1.82) is 0 Å². The van der Waals surface area contributed by atoms with Crippen LogP contribution in [0.4, 0.5) is 0 Å². The normalized spacial score (nSPS) is 12.2. The molecule has 0 aliphatic heterocycles. The number of carbonyl (C=O) groups is 1. The fraction of sp³-hybridized carbons (Fsp3) is 0.500. The summed E-state index contributed by atoms with van der Waals surface area (Å²) in [5.74, 6) is -0.114. The van der Waals surface area contributed by atoms with Gasteiger partial charge in [-0.3, -0.25) is 9.78 Å². The molecular weight excluding hydrogens is 240 g/mol. The molecule has 0 bridgehead atoms. The van der Waals surface area contributed by atoms with Gasteiger partial charge >= 0.3 is 0 Å². The average Bonchev–Trinajstić information content (AvgIpc) is 2.29. The Labute approximate surface area is 106 Å². The van der Waals surface area contributed by atoms with Crippen LogP contribution in [-0.4, -0.2) is 36.5 Å². The van der Waals surface area contributed by atoms with E-state index < -0.39 is 0 Å². The molecule has 1 atom stereocenters. The van der Waals surface area contributed by atoms with Crippen molar-refractivity contribution in [3.8, 4) is 0 Å². The zero-order valence-electron chi connectivity index (χ0n) is 10.1. The quantitative estimate of drug-likeness (QED) is 0.789. The SMILES string of the molecule is COCC(Cl)CCNC(=O)c1cccnc1C. The molecule has 5 heteroatoms. The van der Waals surface area contributed by atoms with Crippen LogP contribution in [0.1, 0.15) is 22.5 Å². The van der Waals surface area contributed by atoms with E-state index in [9.17, 15) is 4.79 Å². The van der Waals surface area contributed by atoms with Gasteiger partial charge in [-0.25, -0.2) is 0 Å². The van der Waals surface area contributed by atoms with E-state index in [1.807, 2.05) is 6.92 Å². The van der Waals surface area contributed by atoms with Gasteiger partial charge in [-0.15, -0.1) is 11.6 Å². The summed E-state index contributed by atoms with van der Waals surface area (Å²) in [6, 6.07) is 3.50. The van der Waals surface area contributed by atoms with E-state index in [1.54, 1.807) is 25.4 Å². The number of rotatable bonds is 6. The standard InChI is InChI=1S/C12H17ClN2O2/c1-9-11(4-3-6-14-9)12(16)15-7-5-10(13)8-17-2/h3-4,6,10H,5,7-8H2,1-2H3,(H,15,16). The molecule has 0 fully saturated rings. The Morgan fingerprint density at radius 3 is 3.06 bits per heavy atom. The van der Waals surface area contributed by atoms with Gasteiger partial charge in [0.1, 0.15) is 0 Å². The number of hydrogen-bond donors (Lipinski definition) is 1. The smallest absolute Gasteiger partial charge is 0.253 e. The third-order valence-electron chi connectivity index (χ3n) is 2.34. The molecule has 1 aromatic rings. The number of carbonyl (C=O) groups excluding carboxylic acids is 1. The molecule has 1 N–H and O–H groups in total. The van der Waals surface area contributed by atoms with E-state index >= 15 is 0 Å². The number of aryl methyl sites for hydroxylation is 1. The molecule has 0 radical (unpaired) electrons. The highest BCUT2D eigenvalue weighted by Gasteiger charge is 2.09. The number of halogens is 1. The highest BCUT2D eigenvalue weighted by atomic mass is 35.5. The summed E-state index contributed by atoms with van der Waals surface area (Å²) in [5.41, 5.74) is 1.33. The molecule has 0 spiro atoms. The minimum atomic E-state index is -0.114. The van der Waals surface area contributed by atoms with Crippen molar-refractivity contribution in [3.05, 3.63) is 29.6 Å². The Balaban J connectivity index is 2.38. The van der Waals surface area contributed by atoms with Crippen LogP contribution in [0.3, 0.4) is 0 Å². The van der Waals surface area contributed by atoms with Crippen LogP contribution >= 0.6 is 11.6 Å². The van der Waals surface area contributed by atoms with E-state index in [4.69, 9.17) is 16.3 Å². The van der Waals surface area contributed by atoms with Gasteiger partial charge in [-0.2, -0.15) is 0 Å². The fourth-order valence-corrected chi connectivity index (χ4v) is 1.66. The summed E-state index contributed by atoms with van der Waals surface area (Å²) in [6.45, 7) is 2.83. The number of nitrogens with zero attached hydrogens (tertiary/aromatic N) is 1. The van der Waals surface area contributed by atoms with Crippen molar-refractivity contribution in [2.75, 3.05) is 20.3 Å². The first-order chi connectivity index (χ1) is 8.15. The van der Waals surface area contributed by atoms with Gasteiger partial charge in [-0.05, 0) is 25.5 Å². The van der Waals surface area contributed by atoms with Gasteiger partial charge in [0.05, 0.1) is 17.5 Å². The lowest BCUT2D eigenvalue weighted by Gasteiger charge is -2.10. The van der Waals surface area contributed by atoms with Crippen LogP contribution in [0.25, 0.3) is 0 Å². The number of ether oxygens (including phenoxy) is 1. The third-order valence-corrected chi connectivity index (χ3v) is 2.69. The minimum Gasteiger partial charge on any atom is -0.383 e. The summed E-state index contributed by atoms with van der Waals surface area (Å²) in [7, 11) is 1.60. The van der Waals surface area contributed by atoms with E-state index in [-0.39, 0.29) is 11.3 Å². The van der Waals surface area contributed by atoms with Crippen molar-refractivity contribution in [2.24, 2.45) is 0 Å². The second-order valence-electron chi connectivity index (χ2n) is 3.73. The molecular formula is C12H17ClN2O2. The highest BCUT2D eigenvalue weighted by Crippen LogP contribution is 2.04. The zero-order valence-corrected chi connectivity index (χ0v) is 10.8. The first-order valence-corrected chi connectivity index (χ1v) is 5.91. The molecule has 0 saturated carbocycles. The first kappa shape index (κ1) is 13.9. The van der Waals surface area contributed by atoms with Gasteiger partial charge in [0.2, 0.25) is 0 Å². The predicted octanol–water partition coefficient (Wildman–Crippen LogP) is 1.76. The molecule has 1 amide bonds. The molecule has 1 heterocycles. The number of hydrogen-bond acceptors (Lipinski definition) is 3. The van der Waals surface area contributed by atoms with Gasteiger partial charge < -0.3 is 10.1 Å². The second-order valence-corrected chi connectivity index (χ2v) is 4.35. The highest BCUT2D eigenvalue weighted by molar-refractivity contribution is 6.20. The Kier molecular flexibility index (Phi) is 5.94. The third kappa shape index (κ3) is 4.71. The van der Waals surface area contributed by atoms with Crippen molar-refractivity contribution < 1.29 is 9.53 Å². The van der Waals surface area contributed by atoms with Gasteiger partial charge in [0, 0.05) is 25.5 Å². The van der Waals surface area contributed by atoms with Crippen LogP contribution < -0.4 is 5.32 Å². The van der Waals surface area contributed by atoms with Crippen LogP contribution in [0, 0.1) is 6.92 Å². The fourth-order valence-electron chi connectivity index (χ4n) is 1.43. The van der Waals surface area contributed by atoms with E-state index in [0.29, 0.717) is 25.1 Å². The van der Waals surface area contributed by atoms with Crippen LogP contribution in [0.2, 0.25) is 0 Å². The van der Waals surface area contributed by atoms with Gasteiger partial charge in [-0.1, -0.05) is 0 Å². The van der Waals surface area contributed by atoms with Crippen molar-refractivity contribution in [3.63, 3.8) is 0 Å². The number of aromatic nitrogens is 1. The van der Waals surface area contributed by atoms with Crippen LogP contribution in [-0.2, 0) is 4.74 Å². The Hall–Kier alpha value is -1.13. The predicted molar refractivity (Wildman–Crippen MR) is 67.4 cm³/mol. The monoisotopic (exact) mass is 256 g/mol. The molecule has 1 aromatic heterocycles. The summed E-state index contributed by atoms with van der Waals surface area (Å²) in [5, 5.41) is 2.74. The Bertz CT molecular complexity index is 371. The maximum Gasteiger partial charge on any atom is 0.253 e. The molecule has 17 heavy (non-hydrogen) atoms. The van der Waals surface area contributed by atoms with E-state index in [2.05, 4.69) is 10.3 Å². The Morgan fingerprint density at radius 1 is 1.65 bits per heavy atom. The molecule has 1 rings (SSSR count). The molecule has 0 aromatic carbocycles. The lowest BCUT2D eigenvalue weighted by atomic mass is 10.2. The molecule has 0 aliphatic rings. The minimum absolute atomic E-state index is 0.0738. The molecule has 1 unspecified atom stereocenters. The lowest BCUT2D eigenvalue weighted by molar-refractivity contribution is 0.0950. The second kappa shape index (κ2) is 7.25. The van der Waals surface area contributed by atoms with E-state index in [0.717, 1.165) is 5.69 Å². The number of amides is 1. The maximum absolute atomic E-state index is 11.8. The Morgan fingerprint density at radius 2 is 2.41 bits per heavy atom. The van der Waals surface area contributed by atoms with Gasteiger partial charge in [0.25, 0.3) is 5.91 Å². The van der Waals surface area contributed by atoms with Crippen molar-refractivity contribution >= 4 is 17.5 Å². The number of methoxy groups -OCH3 is 1. The van der Waals surface area contributed by atoms with Crippen molar-refractivity contribution in [1.82, 2.24) is 10.3 Å². The van der Waals surface area contributed by atoms with Gasteiger partial charge in [0.15, 0.2) is 0 Å². The van der Waals surface area contributed by atoms with Crippen molar-refractivity contribution in [2.45, 2.75) is 18.7 Å². The largest absolute Gasteiger partial charge is 0.383 e. The number of alkyl halides is 1. The summed E-state index contributed by atoms with van der Waals surface area (Å²) >= 11 is 5.95. The lowest BCUT2D eigenvalue weighted by Crippen LogP contribution is -2.27. The average molecular weight is 257 g/mol. The zero-order chi connectivity index (χ0) is 12.7. The van der Waals surface area contributed by atoms with Crippen LogP contribution in [0.15, 0.2) is 18.3 Å². The van der Waals surface area contributed by atoms with Crippen LogP contribution in [0.5, 0.6) is 0 Å². The van der Waals surface area contributed by atoms with E-state index in [1.165, 1.54) is 0 Å². The number of nitrogens with one attached hydrogen (secondary N) is 1. The molecule has 94 valence electrons. The molecule has 0 saturated heterocycles. The topological polar surface area (TPSA) is 51.2 Å².